The molecule has 0 saturated carbocycles. The zero-order valence-corrected chi connectivity index (χ0v) is 11.6. The summed E-state index contributed by atoms with van der Waals surface area (Å²) in [7, 11) is 0. The topological polar surface area (TPSA) is 62.7 Å². The van der Waals surface area contributed by atoms with Crippen molar-refractivity contribution in [2.45, 2.75) is 25.9 Å². The van der Waals surface area contributed by atoms with E-state index >= 15 is 0 Å². The highest BCUT2D eigenvalue weighted by molar-refractivity contribution is 6.29. The van der Waals surface area contributed by atoms with Gasteiger partial charge >= 0.3 is 5.97 Å². The number of aromatic nitrogens is 1. The molecule has 1 unspecified atom stereocenters. The van der Waals surface area contributed by atoms with Gasteiger partial charge in [-0.1, -0.05) is 11.6 Å². The highest BCUT2D eigenvalue weighted by Gasteiger charge is 2.20. The molecule has 1 fully saturated rings. The smallest absolute Gasteiger partial charge is 0.335 e. The van der Waals surface area contributed by atoms with E-state index < -0.39 is 5.97 Å². The van der Waals surface area contributed by atoms with Gasteiger partial charge in [-0.2, -0.15) is 0 Å². The van der Waals surface area contributed by atoms with Crippen LogP contribution in [0.1, 0.15) is 30.1 Å². The molecule has 5 nitrogen and oxygen atoms in total. The highest BCUT2D eigenvalue weighted by Crippen LogP contribution is 2.21. The van der Waals surface area contributed by atoms with Crippen LogP contribution in [0.3, 0.4) is 0 Å². The third-order valence-corrected chi connectivity index (χ3v) is 3.37. The SMILES string of the molecule is CCN(CC1CCCO1)c1cc(C(=O)O)cc(Cl)n1. The fourth-order valence-corrected chi connectivity index (χ4v) is 2.39. The van der Waals surface area contributed by atoms with Gasteiger partial charge in [0.15, 0.2) is 0 Å². The summed E-state index contributed by atoms with van der Waals surface area (Å²) >= 11 is 5.88. The van der Waals surface area contributed by atoms with Gasteiger partial charge in [-0.15, -0.1) is 0 Å². The first-order chi connectivity index (χ1) is 9.10. The second kappa shape index (κ2) is 6.21. The molecule has 1 aromatic rings. The Morgan fingerprint density at radius 2 is 2.42 bits per heavy atom. The molecule has 0 amide bonds. The lowest BCUT2D eigenvalue weighted by Crippen LogP contribution is -2.32. The molecule has 0 aromatic carbocycles. The Labute approximate surface area is 117 Å². The number of carbonyl (C=O) groups is 1. The van der Waals surface area contributed by atoms with Crippen molar-refractivity contribution in [1.82, 2.24) is 4.98 Å². The number of hydrogen-bond donors (Lipinski definition) is 1. The van der Waals surface area contributed by atoms with Crippen molar-refractivity contribution in [3.63, 3.8) is 0 Å². The van der Waals surface area contributed by atoms with Gasteiger partial charge in [-0.3, -0.25) is 0 Å². The number of ether oxygens (including phenoxy) is 1. The van der Waals surface area contributed by atoms with E-state index in [2.05, 4.69) is 4.98 Å². The van der Waals surface area contributed by atoms with Crippen LogP contribution in [0, 0.1) is 0 Å². The van der Waals surface area contributed by atoms with Gasteiger partial charge in [0.2, 0.25) is 0 Å². The van der Waals surface area contributed by atoms with Gasteiger partial charge in [0, 0.05) is 19.7 Å². The normalized spacial score (nSPS) is 18.5. The van der Waals surface area contributed by atoms with E-state index in [-0.39, 0.29) is 16.8 Å². The molecule has 2 rings (SSSR count). The van der Waals surface area contributed by atoms with Crippen molar-refractivity contribution < 1.29 is 14.6 Å². The van der Waals surface area contributed by atoms with Crippen molar-refractivity contribution in [3.05, 3.63) is 22.8 Å². The maximum absolute atomic E-state index is 11.0. The van der Waals surface area contributed by atoms with Crippen molar-refractivity contribution >= 4 is 23.4 Å². The van der Waals surface area contributed by atoms with Crippen molar-refractivity contribution in [3.8, 4) is 0 Å². The van der Waals surface area contributed by atoms with Crippen LogP contribution in [0.25, 0.3) is 0 Å². The van der Waals surface area contributed by atoms with Gasteiger partial charge in [0.1, 0.15) is 11.0 Å². The average Bonchev–Trinajstić information content (AvgIpc) is 2.88. The molecule has 1 atom stereocenters. The van der Waals surface area contributed by atoms with Gasteiger partial charge in [-0.25, -0.2) is 9.78 Å². The Bertz CT molecular complexity index is 461. The van der Waals surface area contributed by atoms with Crippen LogP contribution in [0.5, 0.6) is 0 Å². The first-order valence-corrected chi connectivity index (χ1v) is 6.75. The maximum atomic E-state index is 11.0. The summed E-state index contributed by atoms with van der Waals surface area (Å²) in [6.45, 7) is 4.23. The van der Waals surface area contributed by atoms with Gasteiger partial charge in [0.25, 0.3) is 0 Å². The summed E-state index contributed by atoms with van der Waals surface area (Å²) in [4.78, 5) is 17.2. The zero-order chi connectivity index (χ0) is 13.8. The van der Waals surface area contributed by atoms with Crippen LogP contribution >= 0.6 is 11.6 Å². The molecule has 0 spiro atoms. The summed E-state index contributed by atoms with van der Waals surface area (Å²) in [5, 5.41) is 9.24. The summed E-state index contributed by atoms with van der Waals surface area (Å²) < 4.78 is 5.60. The molecule has 104 valence electrons. The lowest BCUT2D eigenvalue weighted by atomic mass is 10.2. The number of carboxylic acid groups (broad SMARTS) is 1. The predicted molar refractivity (Wildman–Crippen MR) is 73.1 cm³/mol. The van der Waals surface area contributed by atoms with Crippen LogP contribution in [-0.4, -0.2) is 41.9 Å². The third-order valence-electron chi connectivity index (χ3n) is 3.18. The van der Waals surface area contributed by atoms with E-state index in [4.69, 9.17) is 21.4 Å². The molecule has 1 saturated heterocycles. The van der Waals surface area contributed by atoms with E-state index in [1.165, 1.54) is 6.07 Å². The van der Waals surface area contributed by atoms with E-state index in [0.29, 0.717) is 12.4 Å². The fraction of sp³-hybridized carbons (Fsp3) is 0.538. The van der Waals surface area contributed by atoms with E-state index in [1.807, 2.05) is 11.8 Å². The zero-order valence-electron chi connectivity index (χ0n) is 10.8. The number of nitrogens with zero attached hydrogens (tertiary/aromatic N) is 2. The molecule has 0 bridgehead atoms. The van der Waals surface area contributed by atoms with Crippen LogP contribution in [0.2, 0.25) is 5.15 Å². The molecule has 0 aliphatic carbocycles. The molecule has 1 aliphatic heterocycles. The Morgan fingerprint density at radius 1 is 1.63 bits per heavy atom. The molecule has 6 heteroatoms. The summed E-state index contributed by atoms with van der Waals surface area (Å²) in [6, 6.07) is 2.90. The first-order valence-electron chi connectivity index (χ1n) is 6.37. The highest BCUT2D eigenvalue weighted by atomic mass is 35.5. The number of halogens is 1. The van der Waals surface area contributed by atoms with Crippen molar-refractivity contribution in [2.75, 3.05) is 24.6 Å². The number of carboxylic acids is 1. The number of rotatable bonds is 5. The Hall–Kier alpha value is -1.33. The number of anilines is 1. The van der Waals surface area contributed by atoms with Crippen molar-refractivity contribution in [2.24, 2.45) is 0 Å². The molecule has 0 radical (unpaired) electrons. The molecular weight excluding hydrogens is 268 g/mol. The molecule has 2 heterocycles. The maximum Gasteiger partial charge on any atom is 0.335 e. The molecule has 1 aliphatic rings. The molecule has 1 N–H and O–H groups in total. The standard InChI is InChI=1S/C13H17ClN2O3/c1-2-16(8-10-4-3-5-19-10)12-7-9(13(17)18)6-11(14)15-12/h6-7,10H,2-5,8H2,1H3,(H,17,18). The summed E-state index contributed by atoms with van der Waals surface area (Å²) in [5.41, 5.74) is 0.154. The lowest BCUT2D eigenvalue weighted by Gasteiger charge is -2.25. The largest absolute Gasteiger partial charge is 0.478 e. The average molecular weight is 285 g/mol. The number of hydrogen-bond acceptors (Lipinski definition) is 4. The van der Waals surface area contributed by atoms with Gasteiger partial charge in [-0.05, 0) is 31.9 Å². The molecule has 1 aromatic heterocycles. The van der Waals surface area contributed by atoms with Crippen LogP contribution < -0.4 is 4.90 Å². The fourth-order valence-electron chi connectivity index (χ4n) is 2.19. The van der Waals surface area contributed by atoms with Crippen LogP contribution in [-0.2, 0) is 4.74 Å². The van der Waals surface area contributed by atoms with E-state index in [1.54, 1.807) is 6.07 Å². The number of pyridine rings is 1. The minimum atomic E-state index is -1.00. The van der Waals surface area contributed by atoms with Gasteiger partial charge in [0.05, 0.1) is 11.7 Å². The van der Waals surface area contributed by atoms with Crippen LogP contribution in [0.4, 0.5) is 5.82 Å². The number of aromatic carboxylic acids is 1. The Kier molecular flexibility index (Phi) is 4.61. The predicted octanol–water partition coefficient (Wildman–Crippen LogP) is 2.44. The molecule has 19 heavy (non-hydrogen) atoms. The minimum Gasteiger partial charge on any atom is -0.478 e. The van der Waals surface area contributed by atoms with Crippen LogP contribution in [0.15, 0.2) is 12.1 Å². The van der Waals surface area contributed by atoms with E-state index in [0.717, 1.165) is 26.0 Å². The monoisotopic (exact) mass is 284 g/mol. The second-order valence-electron chi connectivity index (χ2n) is 4.52. The second-order valence-corrected chi connectivity index (χ2v) is 4.90. The quantitative estimate of drug-likeness (QED) is 0.842. The lowest BCUT2D eigenvalue weighted by molar-refractivity contribution is 0.0697. The third kappa shape index (κ3) is 3.58. The first kappa shape index (κ1) is 14.1. The summed E-state index contributed by atoms with van der Waals surface area (Å²) in [6.07, 6.45) is 2.29. The van der Waals surface area contributed by atoms with Gasteiger partial charge < -0.3 is 14.7 Å². The Morgan fingerprint density at radius 3 is 3.00 bits per heavy atom. The molecular formula is C13H17ClN2O3. The summed E-state index contributed by atoms with van der Waals surface area (Å²) in [5.74, 6) is -0.415. The number of likely N-dealkylation sites (N-methyl/N-ethyl adjacent to an activating group) is 1. The van der Waals surface area contributed by atoms with Crippen molar-refractivity contribution in [1.29, 1.82) is 0 Å². The minimum absolute atomic E-state index is 0.154. The Balaban J connectivity index is 2.19. The van der Waals surface area contributed by atoms with E-state index in [9.17, 15) is 4.79 Å².